The monoisotopic (exact) mass is 241 g/mol. The molecule has 1 N–H and O–H groups in total. The maximum absolute atomic E-state index is 10.3. The molecule has 2 rings (SSSR count). The van der Waals surface area contributed by atoms with Gasteiger partial charge < -0.3 is 5.11 Å². The lowest BCUT2D eigenvalue weighted by molar-refractivity contribution is -0.0111. The van der Waals surface area contributed by atoms with Gasteiger partial charge in [0.05, 0.1) is 12.1 Å². The van der Waals surface area contributed by atoms with Crippen LogP contribution in [0.15, 0.2) is 0 Å². The highest BCUT2D eigenvalue weighted by atomic mass is 32.1. The Balaban J connectivity index is 2.04. The van der Waals surface area contributed by atoms with E-state index in [1.54, 1.807) is 11.3 Å². The topological polar surface area (TPSA) is 49.2 Å². The summed E-state index contributed by atoms with van der Waals surface area (Å²) in [6.45, 7) is 10.5. The van der Waals surface area contributed by atoms with Crippen LogP contribution in [0.1, 0.15) is 30.8 Å². The van der Waals surface area contributed by atoms with Gasteiger partial charge in [-0.3, -0.25) is 4.90 Å². The SMILES string of the molecule is Cc1nnc(CN2CC(C)(C)C(C)(O)C2)s1. The van der Waals surface area contributed by atoms with Crippen molar-refractivity contribution in [2.75, 3.05) is 13.1 Å². The summed E-state index contributed by atoms with van der Waals surface area (Å²) in [7, 11) is 0. The lowest BCUT2D eigenvalue weighted by atomic mass is 9.79. The first-order chi connectivity index (χ1) is 7.30. The van der Waals surface area contributed by atoms with Crippen molar-refractivity contribution in [2.45, 2.75) is 39.8 Å². The van der Waals surface area contributed by atoms with Crippen LogP contribution in [0.2, 0.25) is 0 Å². The third kappa shape index (κ3) is 2.12. The summed E-state index contributed by atoms with van der Waals surface area (Å²) >= 11 is 1.63. The lowest BCUT2D eigenvalue weighted by Crippen LogP contribution is -2.40. The number of hydrogen-bond donors (Lipinski definition) is 1. The van der Waals surface area contributed by atoms with E-state index in [4.69, 9.17) is 0 Å². The van der Waals surface area contributed by atoms with Crippen molar-refractivity contribution in [1.29, 1.82) is 0 Å². The average Bonchev–Trinajstić information content (AvgIpc) is 2.56. The molecule has 1 aromatic rings. The second kappa shape index (κ2) is 3.75. The zero-order valence-corrected chi connectivity index (χ0v) is 11.1. The van der Waals surface area contributed by atoms with Gasteiger partial charge in [0.25, 0.3) is 0 Å². The molecule has 90 valence electrons. The summed E-state index contributed by atoms with van der Waals surface area (Å²) in [5.41, 5.74) is -0.681. The summed E-state index contributed by atoms with van der Waals surface area (Å²) in [6.07, 6.45) is 0. The van der Waals surface area contributed by atoms with Crippen LogP contribution < -0.4 is 0 Å². The van der Waals surface area contributed by atoms with Crippen molar-refractivity contribution in [3.63, 3.8) is 0 Å². The van der Waals surface area contributed by atoms with Crippen molar-refractivity contribution in [1.82, 2.24) is 15.1 Å². The van der Waals surface area contributed by atoms with Gasteiger partial charge >= 0.3 is 0 Å². The minimum absolute atomic E-state index is 0.0628. The highest BCUT2D eigenvalue weighted by Gasteiger charge is 2.47. The van der Waals surface area contributed by atoms with E-state index in [-0.39, 0.29) is 5.41 Å². The number of likely N-dealkylation sites (tertiary alicyclic amines) is 1. The highest BCUT2D eigenvalue weighted by Crippen LogP contribution is 2.38. The predicted octanol–water partition coefficient (Wildman–Crippen LogP) is 1.44. The first-order valence-corrected chi connectivity index (χ1v) is 6.35. The van der Waals surface area contributed by atoms with Crippen molar-refractivity contribution in [3.05, 3.63) is 10.0 Å². The Kier molecular flexibility index (Phi) is 2.80. The Morgan fingerprint density at radius 3 is 2.44 bits per heavy atom. The van der Waals surface area contributed by atoms with Crippen LogP contribution in [0.25, 0.3) is 0 Å². The Hall–Kier alpha value is -0.520. The normalized spacial score (nSPS) is 29.8. The fourth-order valence-electron chi connectivity index (χ4n) is 2.14. The molecule has 0 aromatic carbocycles. The molecule has 4 nitrogen and oxygen atoms in total. The minimum Gasteiger partial charge on any atom is -0.388 e. The highest BCUT2D eigenvalue weighted by molar-refractivity contribution is 7.11. The first kappa shape index (κ1) is 12.0. The molecule has 1 atom stereocenters. The summed E-state index contributed by atoms with van der Waals surface area (Å²) < 4.78 is 0. The van der Waals surface area contributed by atoms with E-state index >= 15 is 0 Å². The van der Waals surface area contributed by atoms with E-state index in [2.05, 4.69) is 28.9 Å². The molecule has 0 aliphatic carbocycles. The Bertz CT molecular complexity index is 370. The fourth-order valence-corrected chi connectivity index (χ4v) is 2.89. The molecule has 16 heavy (non-hydrogen) atoms. The van der Waals surface area contributed by atoms with E-state index in [1.807, 2.05) is 13.8 Å². The largest absolute Gasteiger partial charge is 0.388 e. The molecule has 0 amide bonds. The Labute approximate surface area is 100 Å². The van der Waals surface area contributed by atoms with Crippen LogP contribution in [-0.4, -0.2) is 38.9 Å². The molecular weight excluding hydrogens is 222 g/mol. The quantitative estimate of drug-likeness (QED) is 0.851. The number of aromatic nitrogens is 2. The second-order valence-electron chi connectivity index (χ2n) is 5.52. The van der Waals surface area contributed by atoms with E-state index in [9.17, 15) is 5.11 Å². The minimum atomic E-state index is -0.618. The van der Waals surface area contributed by atoms with E-state index in [1.165, 1.54) is 0 Å². The molecule has 0 radical (unpaired) electrons. The van der Waals surface area contributed by atoms with Crippen LogP contribution >= 0.6 is 11.3 Å². The molecule has 1 aromatic heterocycles. The molecule has 0 spiro atoms. The van der Waals surface area contributed by atoms with E-state index in [0.717, 1.165) is 23.1 Å². The zero-order valence-electron chi connectivity index (χ0n) is 10.3. The molecule has 2 heterocycles. The third-order valence-corrected chi connectivity index (χ3v) is 4.36. The molecule has 1 saturated heterocycles. The fraction of sp³-hybridized carbons (Fsp3) is 0.818. The van der Waals surface area contributed by atoms with Crippen LogP contribution in [-0.2, 0) is 6.54 Å². The maximum atomic E-state index is 10.3. The van der Waals surface area contributed by atoms with Crippen molar-refractivity contribution >= 4 is 11.3 Å². The molecule has 0 saturated carbocycles. The van der Waals surface area contributed by atoms with Gasteiger partial charge in [-0.05, 0) is 13.8 Å². The number of hydrogen-bond acceptors (Lipinski definition) is 5. The number of nitrogens with zero attached hydrogens (tertiary/aromatic N) is 3. The van der Waals surface area contributed by atoms with Crippen molar-refractivity contribution in [2.24, 2.45) is 5.41 Å². The van der Waals surface area contributed by atoms with Gasteiger partial charge in [-0.1, -0.05) is 13.8 Å². The molecule has 1 unspecified atom stereocenters. The Morgan fingerprint density at radius 2 is 2.00 bits per heavy atom. The first-order valence-electron chi connectivity index (χ1n) is 5.54. The number of rotatable bonds is 2. The summed E-state index contributed by atoms with van der Waals surface area (Å²) in [6, 6.07) is 0. The van der Waals surface area contributed by atoms with Crippen LogP contribution in [0, 0.1) is 12.3 Å². The summed E-state index contributed by atoms with van der Waals surface area (Å²) in [5, 5.41) is 20.5. The third-order valence-electron chi connectivity index (χ3n) is 3.54. The van der Waals surface area contributed by atoms with Gasteiger partial charge in [-0.15, -0.1) is 21.5 Å². The van der Waals surface area contributed by atoms with Crippen LogP contribution in [0.3, 0.4) is 0 Å². The number of aliphatic hydroxyl groups is 1. The van der Waals surface area contributed by atoms with Crippen LogP contribution in [0.5, 0.6) is 0 Å². The van der Waals surface area contributed by atoms with Gasteiger partial charge in [0.2, 0.25) is 0 Å². The van der Waals surface area contributed by atoms with Crippen molar-refractivity contribution in [3.8, 4) is 0 Å². The standard InChI is InChI=1S/C11H19N3OS/c1-8-12-13-9(16-8)5-14-6-10(2,3)11(4,15)7-14/h15H,5-7H2,1-4H3. The molecule has 5 heteroatoms. The van der Waals surface area contributed by atoms with Crippen LogP contribution in [0.4, 0.5) is 0 Å². The molecule has 0 bridgehead atoms. The summed E-state index contributed by atoms with van der Waals surface area (Å²) in [4.78, 5) is 2.25. The van der Waals surface area contributed by atoms with Gasteiger partial charge in [0.15, 0.2) is 0 Å². The van der Waals surface area contributed by atoms with E-state index < -0.39 is 5.60 Å². The van der Waals surface area contributed by atoms with Gasteiger partial charge in [-0.2, -0.15) is 0 Å². The second-order valence-corrected chi connectivity index (χ2v) is 6.78. The smallest absolute Gasteiger partial charge is 0.131 e. The van der Waals surface area contributed by atoms with Gasteiger partial charge in [-0.25, -0.2) is 0 Å². The van der Waals surface area contributed by atoms with E-state index in [0.29, 0.717) is 6.54 Å². The molecule has 1 aliphatic heterocycles. The molecule has 1 fully saturated rings. The maximum Gasteiger partial charge on any atom is 0.131 e. The molecule has 1 aliphatic rings. The summed E-state index contributed by atoms with van der Waals surface area (Å²) in [5.74, 6) is 0. The lowest BCUT2D eigenvalue weighted by Gasteiger charge is -2.31. The molecular formula is C11H19N3OS. The zero-order chi connectivity index (χ0) is 12.0. The van der Waals surface area contributed by atoms with Gasteiger partial charge in [0, 0.05) is 18.5 Å². The predicted molar refractivity (Wildman–Crippen MR) is 64.3 cm³/mol. The number of β-amino-alcohol motifs (C(OH)–C–C–N with tert-alkyl or cyclic N) is 1. The van der Waals surface area contributed by atoms with Crippen molar-refractivity contribution < 1.29 is 5.11 Å². The average molecular weight is 241 g/mol. The van der Waals surface area contributed by atoms with Gasteiger partial charge in [0.1, 0.15) is 10.0 Å². The number of aryl methyl sites for hydroxylation is 1. The Morgan fingerprint density at radius 1 is 1.31 bits per heavy atom.